The molecule has 2 saturated heterocycles. The van der Waals surface area contributed by atoms with Gasteiger partial charge >= 0.3 is 0 Å². The number of piperidine rings is 1. The van der Waals surface area contributed by atoms with E-state index in [0.717, 1.165) is 38.6 Å². The number of fused-ring (bicyclic) bond motifs is 1. The van der Waals surface area contributed by atoms with Crippen LogP contribution in [-0.4, -0.2) is 61.0 Å². The van der Waals surface area contributed by atoms with Crippen LogP contribution in [-0.2, 0) is 4.79 Å². The lowest BCUT2D eigenvalue weighted by molar-refractivity contribution is -0.138. The SMILES string of the molecule is Cl.O=C(CN1CCCNCC1)N1CCCC2CCCCC21. The molecule has 0 aromatic carbocycles. The summed E-state index contributed by atoms with van der Waals surface area (Å²) in [6.45, 7) is 5.86. The molecule has 0 spiro atoms. The van der Waals surface area contributed by atoms with Gasteiger partial charge in [-0.2, -0.15) is 0 Å². The molecule has 3 rings (SSSR count). The van der Waals surface area contributed by atoms with Gasteiger partial charge in [0, 0.05) is 25.7 Å². The molecule has 0 bridgehead atoms. The van der Waals surface area contributed by atoms with Crippen molar-refractivity contribution >= 4 is 18.3 Å². The number of nitrogens with one attached hydrogen (secondary N) is 1. The number of amides is 1. The van der Waals surface area contributed by atoms with Crippen molar-refractivity contribution in [2.45, 2.75) is 51.0 Å². The maximum atomic E-state index is 12.7. The number of hydrogen-bond acceptors (Lipinski definition) is 3. The first-order valence-electron chi connectivity index (χ1n) is 8.57. The zero-order valence-corrected chi connectivity index (χ0v) is 13.9. The number of rotatable bonds is 2. The van der Waals surface area contributed by atoms with E-state index in [1.807, 2.05) is 0 Å². The second kappa shape index (κ2) is 8.35. The van der Waals surface area contributed by atoms with Gasteiger partial charge in [-0.15, -0.1) is 12.4 Å². The molecule has 1 aliphatic carbocycles. The Hall–Kier alpha value is -0.320. The van der Waals surface area contributed by atoms with Crippen LogP contribution in [0.3, 0.4) is 0 Å². The van der Waals surface area contributed by atoms with Crippen LogP contribution >= 0.6 is 12.4 Å². The molecule has 21 heavy (non-hydrogen) atoms. The van der Waals surface area contributed by atoms with Crippen molar-refractivity contribution in [2.24, 2.45) is 5.92 Å². The van der Waals surface area contributed by atoms with Crippen molar-refractivity contribution in [2.75, 3.05) is 39.3 Å². The Morgan fingerprint density at radius 2 is 1.76 bits per heavy atom. The summed E-state index contributed by atoms with van der Waals surface area (Å²) in [5, 5.41) is 3.41. The summed E-state index contributed by atoms with van der Waals surface area (Å²) >= 11 is 0. The fourth-order valence-electron chi connectivity index (χ4n) is 4.28. The molecule has 122 valence electrons. The molecule has 3 aliphatic rings. The molecule has 2 aliphatic heterocycles. The summed E-state index contributed by atoms with van der Waals surface area (Å²) < 4.78 is 0. The lowest BCUT2D eigenvalue weighted by Crippen LogP contribution is -2.52. The van der Waals surface area contributed by atoms with Crippen LogP contribution in [0.25, 0.3) is 0 Å². The fraction of sp³-hybridized carbons (Fsp3) is 0.938. The molecule has 0 radical (unpaired) electrons. The van der Waals surface area contributed by atoms with Crippen LogP contribution in [0.2, 0.25) is 0 Å². The minimum Gasteiger partial charge on any atom is -0.338 e. The maximum absolute atomic E-state index is 12.7. The van der Waals surface area contributed by atoms with Crippen molar-refractivity contribution in [3.63, 3.8) is 0 Å². The van der Waals surface area contributed by atoms with E-state index in [1.54, 1.807) is 0 Å². The average Bonchev–Trinajstić information content (AvgIpc) is 2.75. The Morgan fingerprint density at radius 3 is 2.67 bits per heavy atom. The largest absolute Gasteiger partial charge is 0.338 e. The van der Waals surface area contributed by atoms with Gasteiger partial charge in [0.15, 0.2) is 0 Å². The zero-order valence-electron chi connectivity index (χ0n) is 13.1. The highest BCUT2D eigenvalue weighted by molar-refractivity contribution is 5.85. The summed E-state index contributed by atoms with van der Waals surface area (Å²) in [5.74, 6) is 1.19. The third-order valence-corrected chi connectivity index (χ3v) is 5.36. The normalized spacial score (nSPS) is 31.0. The lowest BCUT2D eigenvalue weighted by Gasteiger charge is -2.44. The zero-order chi connectivity index (χ0) is 13.8. The number of carbonyl (C=O) groups is 1. The van der Waals surface area contributed by atoms with Gasteiger partial charge in [0.05, 0.1) is 6.54 Å². The van der Waals surface area contributed by atoms with Crippen molar-refractivity contribution < 1.29 is 4.79 Å². The van der Waals surface area contributed by atoms with E-state index in [1.165, 1.54) is 44.9 Å². The molecule has 1 saturated carbocycles. The molecule has 0 aromatic heterocycles. The first-order chi connectivity index (χ1) is 9.84. The summed E-state index contributed by atoms with van der Waals surface area (Å²) in [6, 6.07) is 0.565. The van der Waals surface area contributed by atoms with Crippen LogP contribution in [0.1, 0.15) is 44.9 Å². The molecule has 2 unspecified atom stereocenters. The second-order valence-corrected chi connectivity index (χ2v) is 6.72. The quantitative estimate of drug-likeness (QED) is 0.845. The van der Waals surface area contributed by atoms with Gasteiger partial charge in [0.25, 0.3) is 0 Å². The number of likely N-dealkylation sites (tertiary alicyclic amines) is 1. The van der Waals surface area contributed by atoms with E-state index >= 15 is 0 Å². The first-order valence-corrected chi connectivity index (χ1v) is 8.57. The molecular weight excluding hydrogens is 286 g/mol. The minimum atomic E-state index is 0. The minimum absolute atomic E-state index is 0. The van der Waals surface area contributed by atoms with E-state index in [9.17, 15) is 4.79 Å². The number of nitrogens with zero attached hydrogens (tertiary/aromatic N) is 2. The Balaban J connectivity index is 0.00000161. The summed E-state index contributed by atoms with van der Waals surface area (Å²) in [5.41, 5.74) is 0. The number of carbonyl (C=O) groups excluding carboxylic acids is 1. The van der Waals surface area contributed by atoms with Crippen molar-refractivity contribution in [3.05, 3.63) is 0 Å². The van der Waals surface area contributed by atoms with Crippen molar-refractivity contribution in [3.8, 4) is 0 Å². The highest BCUT2D eigenvalue weighted by Crippen LogP contribution is 2.35. The fourth-order valence-corrected chi connectivity index (χ4v) is 4.28. The van der Waals surface area contributed by atoms with Gasteiger partial charge in [0.1, 0.15) is 0 Å². The van der Waals surface area contributed by atoms with Crippen molar-refractivity contribution in [1.29, 1.82) is 0 Å². The Morgan fingerprint density at radius 1 is 0.952 bits per heavy atom. The Kier molecular flexibility index (Phi) is 6.77. The topological polar surface area (TPSA) is 35.6 Å². The molecule has 1 amide bonds. The molecule has 2 atom stereocenters. The van der Waals surface area contributed by atoms with Gasteiger partial charge in [-0.05, 0) is 51.1 Å². The Labute approximate surface area is 135 Å². The van der Waals surface area contributed by atoms with Gasteiger partial charge < -0.3 is 10.2 Å². The van der Waals surface area contributed by atoms with Crippen LogP contribution in [0.4, 0.5) is 0 Å². The molecule has 3 fully saturated rings. The standard InChI is InChI=1S/C16H29N3O.ClH/c20-16(13-18-10-4-8-17-9-12-18)19-11-3-6-14-5-1-2-7-15(14)19;/h14-15,17H,1-13H2;1H. The average molecular weight is 316 g/mol. The smallest absolute Gasteiger partial charge is 0.237 e. The van der Waals surface area contributed by atoms with Crippen LogP contribution in [0.5, 0.6) is 0 Å². The molecule has 5 heteroatoms. The van der Waals surface area contributed by atoms with Crippen molar-refractivity contribution in [1.82, 2.24) is 15.1 Å². The van der Waals surface area contributed by atoms with Gasteiger partial charge in [-0.25, -0.2) is 0 Å². The summed E-state index contributed by atoms with van der Waals surface area (Å²) in [6.07, 6.45) is 9.02. The molecule has 1 N–H and O–H groups in total. The van der Waals surface area contributed by atoms with Gasteiger partial charge in [0.2, 0.25) is 5.91 Å². The third-order valence-electron chi connectivity index (χ3n) is 5.36. The third kappa shape index (κ3) is 4.33. The predicted molar refractivity (Wildman–Crippen MR) is 87.9 cm³/mol. The molecular formula is C16H30ClN3O. The van der Waals surface area contributed by atoms with E-state index < -0.39 is 0 Å². The maximum Gasteiger partial charge on any atom is 0.237 e. The predicted octanol–water partition coefficient (Wildman–Crippen LogP) is 1.88. The van der Waals surface area contributed by atoms with E-state index in [0.29, 0.717) is 18.5 Å². The van der Waals surface area contributed by atoms with Crippen LogP contribution < -0.4 is 5.32 Å². The first kappa shape index (κ1) is 17.0. The van der Waals surface area contributed by atoms with E-state index in [2.05, 4.69) is 15.1 Å². The molecule has 2 heterocycles. The highest BCUT2D eigenvalue weighted by Gasteiger charge is 2.35. The monoisotopic (exact) mass is 315 g/mol. The van der Waals surface area contributed by atoms with E-state index in [-0.39, 0.29) is 12.4 Å². The Bertz CT molecular complexity index is 329. The number of halogens is 1. The van der Waals surface area contributed by atoms with Crippen LogP contribution in [0, 0.1) is 5.92 Å². The van der Waals surface area contributed by atoms with Gasteiger partial charge in [-0.3, -0.25) is 9.69 Å². The highest BCUT2D eigenvalue weighted by atomic mass is 35.5. The lowest BCUT2D eigenvalue weighted by atomic mass is 9.78. The van der Waals surface area contributed by atoms with E-state index in [4.69, 9.17) is 0 Å². The summed E-state index contributed by atoms with van der Waals surface area (Å²) in [7, 11) is 0. The van der Waals surface area contributed by atoms with Gasteiger partial charge in [-0.1, -0.05) is 12.8 Å². The summed E-state index contributed by atoms with van der Waals surface area (Å²) in [4.78, 5) is 17.3. The second-order valence-electron chi connectivity index (χ2n) is 6.72. The molecule has 4 nitrogen and oxygen atoms in total. The molecule has 0 aromatic rings. The number of hydrogen-bond donors (Lipinski definition) is 1. The van der Waals surface area contributed by atoms with Crippen LogP contribution in [0.15, 0.2) is 0 Å².